The second-order valence-corrected chi connectivity index (χ2v) is 4.72. The fourth-order valence-electron chi connectivity index (χ4n) is 2.13. The van der Waals surface area contributed by atoms with Crippen LogP contribution in [0.3, 0.4) is 0 Å². The van der Waals surface area contributed by atoms with Gasteiger partial charge in [-0.15, -0.1) is 0 Å². The first-order valence-corrected chi connectivity index (χ1v) is 5.85. The van der Waals surface area contributed by atoms with Gasteiger partial charge >= 0.3 is 5.97 Å². The van der Waals surface area contributed by atoms with Crippen molar-refractivity contribution in [3.8, 4) is 6.07 Å². The Balaban J connectivity index is 2.16. The first-order valence-electron chi connectivity index (χ1n) is 5.85. The molecular formula is C13H12F2N2O2. The molecule has 0 bridgehead atoms. The first-order chi connectivity index (χ1) is 8.98. The number of halogens is 2. The van der Waals surface area contributed by atoms with E-state index in [-0.39, 0.29) is 17.8 Å². The van der Waals surface area contributed by atoms with Crippen LogP contribution in [0.5, 0.6) is 0 Å². The number of aliphatic carboxylic acids is 1. The Labute approximate surface area is 108 Å². The Morgan fingerprint density at radius 2 is 2.00 bits per heavy atom. The highest BCUT2D eigenvalue weighted by Gasteiger charge is 2.44. The Morgan fingerprint density at radius 3 is 2.37 bits per heavy atom. The van der Waals surface area contributed by atoms with Gasteiger partial charge in [-0.2, -0.15) is 5.26 Å². The van der Waals surface area contributed by atoms with Crippen LogP contribution in [0.4, 0.5) is 14.5 Å². The molecule has 1 aliphatic rings. The largest absolute Gasteiger partial charge is 0.481 e. The zero-order valence-corrected chi connectivity index (χ0v) is 10.0. The van der Waals surface area contributed by atoms with Gasteiger partial charge in [-0.25, -0.2) is 8.78 Å². The minimum absolute atomic E-state index is 0.0257. The fraction of sp³-hybridized carbons (Fsp3) is 0.385. The van der Waals surface area contributed by atoms with Crippen molar-refractivity contribution >= 4 is 11.7 Å². The van der Waals surface area contributed by atoms with Gasteiger partial charge in [-0.05, 0) is 25.0 Å². The van der Waals surface area contributed by atoms with Crippen LogP contribution in [0.2, 0.25) is 0 Å². The third-order valence-electron chi connectivity index (χ3n) is 3.54. The molecule has 1 aliphatic carbocycles. The highest BCUT2D eigenvalue weighted by molar-refractivity contribution is 5.76. The molecule has 19 heavy (non-hydrogen) atoms. The van der Waals surface area contributed by atoms with Crippen molar-refractivity contribution in [2.75, 3.05) is 11.9 Å². The molecule has 1 fully saturated rings. The van der Waals surface area contributed by atoms with Gasteiger partial charge in [0.1, 0.15) is 5.69 Å². The lowest BCUT2D eigenvalue weighted by Gasteiger charge is -2.37. The second-order valence-electron chi connectivity index (χ2n) is 4.72. The van der Waals surface area contributed by atoms with E-state index in [0.717, 1.165) is 18.6 Å². The maximum atomic E-state index is 13.6. The van der Waals surface area contributed by atoms with Crippen LogP contribution in [0.25, 0.3) is 0 Å². The maximum Gasteiger partial charge on any atom is 0.311 e. The van der Waals surface area contributed by atoms with E-state index in [9.17, 15) is 13.6 Å². The van der Waals surface area contributed by atoms with Crippen LogP contribution in [-0.4, -0.2) is 17.6 Å². The summed E-state index contributed by atoms with van der Waals surface area (Å²) in [5, 5.41) is 20.2. The summed E-state index contributed by atoms with van der Waals surface area (Å²) in [6.07, 6.45) is 1.79. The number of carbonyl (C=O) groups is 1. The molecule has 0 spiro atoms. The van der Waals surface area contributed by atoms with Crippen LogP contribution < -0.4 is 5.32 Å². The Morgan fingerprint density at radius 1 is 1.42 bits per heavy atom. The highest BCUT2D eigenvalue weighted by atomic mass is 19.1. The topological polar surface area (TPSA) is 73.1 Å². The normalized spacial score (nSPS) is 16.3. The molecule has 1 aromatic carbocycles. The van der Waals surface area contributed by atoms with Crippen LogP contribution in [0.15, 0.2) is 12.1 Å². The van der Waals surface area contributed by atoms with E-state index in [1.807, 2.05) is 0 Å². The summed E-state index contributed by atoms with van der Waals surface area (Å²) in [7, 11) is 0. The number of nitrogens with zero attached hydrogens (tertiary/aromatic N) is 1. The van der Waals surface area contributed by atoms with Crippen LogP contribution in [0, 0.1) is 28.4 Å². The van der Waals surface area contributed by atoms with Crippen molar-refractivity contribution in [3.05, 3.63) is 29.3 Å². The molecule has 0 saturated heterocycles. The smallest absolute Gasteiger partial charge is 0.311 e. The molecule has 100 valence electrons. The minimum Gasteiger partial charge on any atom is -0.481 e. The molecule has 0 unspecified atom stereocenters. The lowest BCUT2D eigenvalue weighted by Crippen LogP contribution is -2.43. The summed E-state index contributed by atoms with van der Waals surface area (Å²) in [6, 6.07) is 3.48. The van der Waals surface area contributed by atoms with Gasteiger partial charge in [-0.3, -0.25) is 4.79 Å². The Kier molecular flexibility index (Phi) is 3.38. The zero-order chi connectivity index (χ0) is 14.0. The average molecular weight is 266 g/mol. The first kappa shape index (κ1) is 13.3. The SMILES string of the molecule is N#Cc1cc(F)c(NCC2(C(=O)O)CCC2)c(F)c1. The van der Waals surface area contributed by atoms with Gasteiger partial charge in [0, 0.05) is 6.54 Å². The van der Waals surface area contributed by atoms with E-state index in [0.29, 0.717) is 12.8 Å². The van der Waals surface area contributed by atoms with Crippen molar-refractivity contribution < 1.29 is 18.7 Å². The highest BCUT2D eigenvalue weighted by Crippen LogP contribution is 2.41. The van der Waals surface area contributed by atoms with Gasteiger partial charge in [0.05, 0.1) is 17.0 Å². The maximum absolute atomic E-state index is 13.6. The van der Waals surface area contributed by atoms with E-state index in [2.05, 4.69) is 5.32 Å². The summed E-state index contributed by atoms with van der Waals surface area (Å²) < 4.78 is 27.2. The number of anilines is 1. The summed E-state index contributed by atoms with van der Waals surface area (Å²) in [5.41, 5.74) is -1.43. The van der Waals surface area contributed by atoms with E-state index < -0.39 is 23.0 Å². The Bertz CT molecular complexity index is 539. The predicted octanol–water partition coefficient (Wildman–Crippen LogP) is 2.50. The predicted molar refractivity (Wildman–Crippen MR) is 63.5 cm³/mol. The number of nitrogens with one attached hydrogen (secondary N) is 1. The van der Waals surface area contributed by atoms with Crippen molar-refractivity contribution in [2.24, 2.45) is 5.41 Å². The number of benzene rings is 1. The molecule has 1 saturated carbocycles. The molecule has 2 rings (SSSR count). The molecule has 0 atom stereocenters. The van der Waals surface area contributed by atoms with Gasteiger partial charge < -0.3 is 10.4 Å². The molecule has 0 amide bonds. The van der Waals surface area contributed by atoms with Crippen molar-refractivity contribution in [1.82, 2.24) is 0 Å². The molecule has 0 aromatic heterocycles. The lowest BCUT2D eigenvalue weighted by atomic mass is 9.69. The summed E-state index contributed by atoms with van der Waals surface area (Å²) in [6.45, 7) is -0.0257. The summed E-state index contributed by atoms with van der Waals surface area (Å²) in [5.74, 6) is -2.74. The third kappa shape index (κ3) is 2.36. The number of hydrogen-bond donors (Lipinski definition) is 2. The van der Waals surface area contributed by atoms with Gasteiger partial charge in [0.15, 0.2) is 11.6 Å². The van der Waals surface area contributed by atoms with Gasteiger partial charge in [0.25, 0.3) is 0 Å². The summed E-state index contributed by atoms with van der Waals surface area (Å²) in [4.78, 5) is 11.1. The molecule has 4 nitrogen and oxygen atoms in total. The second kappa shape index (κ2) is 4.84. The van der Waals surface area contributed by atoms with Crippen LogP contribution in [-0.2, 0) is 4.79 Å². The fourth-order valence-corrected chi connectivity index (χ4v) is 2.13. The van der Waals surface area contributed by atoms with Crippen molar-refractivity contribution in [2.45, 2.75) is 19.3 Å². The monoisotopic (exact) mass is 266 g/mol. The standard InChI is InChI=1S/C13H12F2N2O2/c14-9-4-8(6-16)5-10(15)11(9)17-7-13(12(18)19)2-1-3-13/h4-5,17H,1-3,7H2,(H,18,19). The third-order valence-corrected chi connectivity index (χ3v) is 3.54. The molecule has 2 N–H and O–H groups in total. The van der Waals surface area contributed by atoms with Crippen LogP contribution in [0.1, 0.15) is 24.8 Å². The zero-order valence-electron chi connectivity index (χ0n) is 10.0. The number of carboxylic acid groups (broad SMARTS) is 1. The van der Waals surface area contributed by atoms with Gasteiger partial charge in [-0.1, -0.05) is 6.42 Å². The van der Waals surface area contributed by atoms with E-state index in [1.54, 1.807) is 6.07 Å². The number of hydrogen-bond acceptors (Lipinski definition) is 3. The number of carboxylic acids is 1. The van der Waals surface area contributed by atoms with E-state index in [4.69, 9.17) is 10.4 Å². The number of rotatable bonds is 4. The molecule has 6 heteroatoms. The number of nitriles is 1. The molecule has 0 heterocycles. The van der Waals surface area contributed by atoms with Crippen LogP contribution >= 0.6 is 0 Å². The molecule has 0 radical (unpaired) electrons. The molecular weight excluding hydrogens is 254 g/mol. The Hall–Kier alpha value is -2.16. The lowest BCUT2D eigenvalue weighted by molar-refractivity contribution is -0.153. The minimum atomic E-state index is -0.958. The van der Waals surface area contributed by atoms with Crippen molar-refractivity contribution in [3.63, 3.8) is 0 Å². The molecule has 1 aromatic rings. The average Bonchev–Trinajstić information content (AvgIpc) is 2.29. The van der Waals surface area contributed by atoms with Crippen molar-refractivity contribution in [1.29, 1.82) is 5.26 Å². The quantitative estimate of drug-likeness (QED) is 0.878. The van der Waals surface area contributed by atoms with E-state index in [1.165, 1.54) is 0 Å². The molecule has 0 aliphatic heterocycles. The van der Waals surface area contributed by atoms with E-state index >= 15 is 0 Å². The van der Waals surface area contributed by atoms with Gasteiger partial charge in [0.2, 0.25) is 0 Å². The summed E-state index contributed by atoms with van der Waals surface area (Å²) >= 11 is 0.